The molecule has 2 aromatic carbocycles. The Morgan fingerprint density at radius 1 is 0.966 bits per heavy atom. The molecule has 0 unspecified atom stereocenters. The van der Waals surface area contributed by atoms with Crippen LogP contribution in [0.5, 0.6) is 0 Å². The number of nitrogens with one attached hydrogen (secondary N) is 2. The minimum absolute atomic E-state index is 0.163. The van der Waals surface area contributed by atoms with Gasteiger partial charge in [0.2, 0.25) is 0 Å². The summed E-state index contributed by atoms with van der Waals surface area (Å²) in [4.78, 5) is 24.8. The van der Waals surface area contributed by atoms with E-state index >= 15 is 0 Å². The van der Waals surface area contributed by atoms with Crippen molar-refractivity contribution in [3.05, 3.63) is 82.5 Å². The lowest BCUT2D eigenvalue weighted by Crippen LogP contribution is -2.39. The number of urea groups is 1. The fourth-order valence-corrected chi connectivity index (χ4v) is 3.30. The molecule has 1 aliphatic carbocycles. The molecule has 1 aromatic heterocycles. The predicted molar refractivity (Wildman–Crippen MR) is 111 cm³/mol. The van der Waals surface area contributed by atoms with E-state index in [1.807, 2.05) is 60.7 Å². The Kier molecular flexibility index (Phi) is 5.74. The number of rotatable bonds is 8. The molecule has 1 heterocycles. The Hall–Kier alpha value is -3.35. The average Bonchev–Trinajstić information content (AvgIpc) is 3.54. The first-order valence-electron chi connectivity index (χ1n) is 10.0. The van der Waals surface area contributed by atoms with Crippen molar-refractivity contribution in [2.45, 2.75) is 31.7 Å². The van der Waals surface area contributed by atoms with Gasteiger partial charge in [0.1, 0.15) is 5.82 Å². The largest absolute Gasteiger partial charge is 0.350 e. The first kappa shape index (κ1) is 19.0. The van der Waals surface area contributed by atoms with Crippen LogP contribution in [0.25, 0.3) is 5.69 Å². The molecule has 1 fully saturated rings. The van der Waals surface area contributed by atoms with Gasteiger partial charge in [0, 0.05) is 19.0 Å². The van der Waals surface area contributed by atoms with Gasteiger partial charge in [-0.05, 0) is 37.0 Å². The molecular formula is C22H25N5O2. The molecule has 0 saturated heterocycles. The molecule has 29 heavy (non-hydrogen) atoms. The van der Waals surface area contributed by atoms with Gasteiger partial charge in [-0.1, -0.05) is 48.5 Å². The van der Waals surface area contributed by atoms with Crippen LogP contribution in [-0.4, -0.2) is 33.5 Å². The molecule has 4 rings (SSSR count). The van der Waals surface area contributed by atoms with Crippen LogP contribution in [0.2, 0.25) is 0 Å². The molecule has 3 aromatic rings. The van der Waals surface area contributed by atoms with Gasteiger partial charge in [0.25, 0.3) is 0 Å². The molecule has 0 radical (unpaired) electrons. The number of nitrogens with zero attached hydrogens (tertiary/aromatic N) is 3. The van der Waals surface area contributed by atoms with E-state index in [1.54, 1.807) is 4.57 Å². The summed E-state index contributed by atoms with van der Waals surface area (Å²) in [6.07, 6.45) is 2.90. The van der Waals surface area contributed by atoms with Gasteiger partial charge in [-0.3, -0.25) is 0 Å². The van der Waals surface area contributed by atoms with Gasteiger partial charge in [-0.15, -0.1) is 0 Å². The van der Waals surface area contributed by atoms with Gasteiger partial charge in [-0.25, -0.2) is 18.8 Å². The van der Waals surface area contributed by atoms with Gasteiger partial charge < -0.3 is 10.6 Å². The first-order valence-corrected chi connectivity index (χ1v) is 10.0. The zero-order valence-corrected chi connectivity index (χ0v) is 16.3. The molecule has 7 heteroatoms. The van der Waals surface area contributed by atoms with Crippen LogP contribution in [0.15, 0.2) is 65.5 Å². The van der Waals surface area contributed by atoms with E-state index in [2.05, 4.69) is 15.7 Å². The number of carbonyl (C=O) groups excluding carboxylic acids is 1. The second-order valence-electron chi connectivity index (χ2n) is 7.23. The third kappa shape index (κ3) is 4.74. The summed E-state index contributed by atoms with van der Waals surface area (Å²) in [7, 11) is 0. The number of hydrogen-bond donors (Lipinski definition) is 2. The van der Waals surface area contributed by atoms with E-state index < -0.39 is 0 Å². The van der Waals surface area contributed by atoms with Crippen LogP contribution in [0.4, 0.5) is 4.79 Å². The van der Waals surface area contributed by atoms with Crippen LogP contribution in [0.1, 0.15) is 30.1 Å². The Labute approximate surface area is 169 Å². The smallest absolute Gasteiger partial charge is 0.338 e. The molecule has 150 valence electrons. The maximum absolute atomic E-state index is 12.9. The van der Waals surface area contributed by atoms with Crippen LogP contribution in [-0.2, 0) is 13.0 Å². The van der Waals surface area contributed by atoms with Gasteiger partial charge >= 0.3 is 11.7 Å². The Morgan fingerprint density at radius 3 is 2.31 bits per heavy atom. The molecule has 2 amide bonds. The van der Waals surface area contributed by atoms with Crippen molar-refractivity contribution in [3.63, 3.8) is 0 Å². The van der Waals surface area contributed by atoms with Crippen LogP contribution in [0, 0.1) is 0 Å². The molecule has 2 N–H and O–H groups in total. The lowest BCUT2D eigenvalue weighted by molar-refractivity contribution is 0.240. The number of aromatic nitrogens is 3. The van der Waals surface area contributed by atoms with E-state index in [0.717, 1.165) is 30.8 Å². The van der Waals surface area contributed by atoms with Crippen molar-refractivity contribution in [1.82, 2.24) is 25.0 Å². The molecule has 0 atom stereocenters. The SMILES string of the molecule is O=C(NCCc1ccccc1)NCCn1nc(C2CC2)n(-c2ccccc2)c1=O. The highest BCUT2D eigenvalue weighted by Crippen LogP contribution is 2.39. The predicted octanol–water partition coefficient (Wildman–Crippen LogP) is 2.45. The molecule has 1 aliphatic rings. The normalized spacial score (nSPS) is 13.2. The summed E-state index contributed by atoms with van der Waals surface area (Å²) in [6.45, 7) is 1.24. The Balaban J connectivity index is 1.32. The lowest BCUT2D eigenvalue weighted by Gasteiger charge is -2.07. The number of hydrogen-bond acceptors (Lipinski definition) is 3. The maximum Gasteiger partial charge on any atom is 0.350 e. The number of amides is 2. The minimum Gasteiger partial charge on any atom is -0.338 e. The van der Waals surface area contributed by atoms with Crippen molar-refractivity contribution >= 4 is 6.03 Å². The van der Waals surface area contributed by atoms with Crippen molar-refractivity contribution in [1.29, 1.82) is 0 Å². The Bertz CT molecular complexity index is 1010. The molecule has 0 spiro atoms. The molecule has 0 aliphatic heterocycles. The van der Waals surface area contributed by atoms with E-state index in [1.165, 1.54) is 10.2 Å². The van der Waals surface area contributed by atoms with Crippen LogP contribution in [0.3, 0.4) is 0 Å². The summed E-state index contributed by atoms with van der Waals surface area (Å²) in [5, 5.41) is 10.2. The highest BCUT2D eigenvalue weighted by Gasteiger charge is 2.31. The summed E-state index contributed by atoms with van der Waals surface area (Å²) in [5.74, 6) is 1.16. The fraction of sp³-hybridized carbons (Fsp3) is 0.318. The second kappa shape index (κ2) is 8.77. The first-order chi connectivity index (χ1) is 14.2. The third-order valence-electron chi connectivity index (χ3n) is 4.97. The lowest BCUT2D eigenvalue weighted by atomic mass is 10.1. The highest BCUT2D eigenvalue weighted by molar-refractivity contribution is 5.73. The summed E-state index contributed by atoms with van der Waals surface area (Å²) in [6, 6.07) is 19.4. The second-order valence-corrected chi connectivity index (χ2v) is 7.23. The topological polar surface area (TPSA) is 81.0 Å². The maximum atomic E-state index is 12.9. The van der Waals surface area contributed by atoms with E-state index in [-0.39, 0.29) is 11.7 Å². The van der Waals surface area contributed by atoms with Crippen LogP contribution >= 0.6 is 0 Å². The van der Waals surface area contributed by atoms with E-state index in [9.17, 15) is 9.59 Å². The molecular weight excluding hydrogens is 366 g/mol. The zero-order chi connectivity index (χ0) is 20.1. The summed E-state index contributed by atoms with van der Waals surface area (Å²) in [5.41, 5.74) is 1.85. The van der Waals surface area contributed by atoms with Crippen molar-refractivity contribution in [2.24, 2.45) is 0 Å². The number of carbonyl (C=O) groups is 1. The standard InChI is InChI=1S/C22H25N5O2/c28-21(23-14-13-17-7-3-1-4-8-17)24-15-16-26-22(29)27(19-9-5-2-6-10-19)20(25-26)18-11-12-18/h1-10,18H,11-16H2,(H2,23,24,28). The number of para-hydroxylation sites is 1. The summed E-state index contributed by atoms with van der Waals surface area (Å²) >= 11 is 0. The van der Waals surface area contributed by atoms with Gasteiger partial charge in [0.05, 0.1) is 12.2 Å². The minimum atomic E-state index is -0.237. The molecule has 1 saturated carbocycles. The summed E-state index contributed by atoms with van der Waals surface area (Å²) < 4.78 is 3.14. The molecule has 0 bridgehead atoms. The molecule has 7 nitrogen and oxygen atoms in total. The zero-order valence-electron chi connectivity index (χ0n) is 16.3. The van der Waals surface area contributed by atoms with E-state index in [0.29, 0.717) is 25.6 Å². The van der Waals surface area contributed by atoms with Gasteiger partial charge in [0.15, 0.2) is 0 Å². The van der Waals surface area contributed by atoms with Crippen molar-refractivity contribution in [3.8, 4) is 5.69 Å². The quantitative estimate of drug-likeness (QED) is 0.619. The third-order valence-corrected chi connectivity index (χ3v) is 4.97. The number of benzene rings is 2. The average molecular weight is 391 g/mol. The van der Waals surface area contributed by atoms with Crippen molar-refractivity contribution < 1.29 is 4.79 Å². The highest BCUT2D eigenvalue weighted by atomic mass is 16.2. The van der Waals surface area contributed by atoms with Crippen molar-refractivity contribution in [2.75, 3.05) is 13.1 Å². The van der Waals surface area contributed by atoms with Gasteiger partial charge in [-0.2, -0.15) is 5.10 Å². The van der Waals surface area contributed by atoms with E-state index in [4.69, 9.17) is 0 Å². The Morgan fingerprint density at radius 2 is 1.62 bits per heavy atom. The fourth-order valence-electron chi connectivity index (χ4n) is 3.30. The van der Waals surface area contributed by atoms with Crippen LogP contribution < -0.4 is 16.3 Å². The monoisotopic (exact) mass is 391 g/mol.